The number of anilines is 1. The van der Waals surface area contributed by atoms with Crippen LogP contribution in [0.5, 0.6) is 0 Å². The number of nitrogens with zero attached hydrogens (tertiary/aromatic N) is 3. The van der Waals surface area contributed by atoms with Gasteiger partial charge in [-0.15, -0.1) is 0 Å². The van der Waals surface area contributed by atoms with Gasteiger partial charge in [-0.2, -0.15) is 0 Å². The summed E-state index contributed by atoms with van der Waals surface area (Å²) in [7, 11) is -3.00. The van der Waals surface area contributed by atoms with Crippen molar-refractivity contribution in [3.8, 4) is 0 Å². The predicted molar refractivity (Wildman–Crippen MR) is 113 cm³/mol. The number of sulfone groups is 1. The maximum absolute atomic E-state index is 13.8. The van der Waals surface area contributed by atoms with E-state index in [0.29, 0.717) is 12.2 Å². The van der Waals surface area contributed by atoms with E-state index in [4.69, 9.17) is 0 Å². The van der Waals surface area contributed by atoms with E-state index in [1.54, 1.807) is 13.8 Å². The molecule has 162 valence electrons. The largest absolute Gasteiger partial charge is 0.322 e. The summed E-state index contributed by atoms with van der Waals surface area (Å²) < 4.78 is 36.7. The smallest absolute Gasteiger partial charge is 0.321 e. The fourth-order valence-corrected chi connectivity index (χ4v) is 4.91. The van der Waals surface area contributed by atoms with E-state index in [-0.39, 0.29) is 30.6 Å². The molecule has 0 saturated carbocycles. The maximum Gasteiger partial charge on any atom is 0.321 e. The van der Waals surface area contributed by atoms with Gasteiger partial charge in [-0.3, -0.25) is 9.80 Å². The molecule has 2 saturated heterocycles. The van der Waals surface area contributed by atoms with Gasteiger partial charge >= 0.3 is 6.03 Å². The molecule has 2 aliphatic rings. The highest BCUT2D eigenvalue weighted by molar-refractivity contribution is 7.91. The molecule has 0 spiro atoms. The van der Waals surface area contributed by atoms with E-state index in [1.807, 2.05) is 24.3 Å². The zero-order chi connectivity index (χ0) is 21.1. The molecule has 2 heterocycles. The summed E-state index contributed by atoms with van der Waals surface area (Å²) in [5, 5.41) is 2.83. The summed E-state index contributed by atoms with van der Waals surface area (Å²) in [6.07, 6.45) is 0. The molecule has 29 heavy (non-hydrogen) atoms. The third-order valence-electron chi connectivity index (χ3n) is 5.31. The zero-order valence-corrected chi connectivity index (χ0v) is 18.0. The van der Waals surface area contributed by atoms with Gasteiger partial charge in [0.1, 0.15) is 5.67 Å². The molecule has 1 aromatic rings. The first kappa shape index (κ1) is 22.0. The van der Waals surface area contributed by atoms with E-state index >= 15 is 0 Å². The van der Waals surface area contributed by atoms with E-state index in [1.165, 1.54) is 4.90 Å². The SMILES string of the molecule is CC(C)(F)CN1CCN(Cc2ccc(NC(=O)N3CCS(=O)(=O)CC3)cc2)CC1. The van der Waals surface area contributed by atoms with Crippen molar-refractivity contribution in [2.45, 2.75) is 26.1 Å². The van der Waals surface area contributed by atoms with Gasteiger partial charge in [-0.1, -0.05) is 12.1 Å². The summed E-state index contributed by atoms with van der Waals surface area (Å²) in [4.78, 5) is 18.3. The highest BCUT2D eigenvalue weighted by Crippen LogP contribution is 2.16. The Hall–Kier alpha value is -1.71. The highest BCUT2D eigenvalue weighted by Gasteiger charge is 2.25. The van der Waals surface area contributed by atoms with Crippen LogP contribution in [0.25, 0.3) is 0 Å². The average Bonchev–Trinajstić information content (AvgIpc) is 2.63. The number of hydrogen-bond acceptors (Lipinski definition) is 5. The minimum atomic E-state index is -3.00. The molecule has 0 unspecified atom stereocenters. The predicted octanol–water partition coefficient (Wildman–Crippen LogP) is 1.81. The van der Waals surface area contributed by atoms with Crippen LogP contribution in [0, 0.1) is 0 Å². The van der Waals surface area contributed by atoms with Gasteiger partial charge < -0.3 is 10.2 Å². The number of urea groups is 1. The Balaban J connectivity index is 1.44. The Morgan fingerprint density at radius 2 is 1.55 bits per heavy atom. The summed E-state index contributed by atoms with van der Waals surface area (Å²) in [5.74, 6) is 0.0465. The van der Waals surface area contributed by atoms with Crippen molar-refractivity contribution in [2.24, 2.45) is 0 Å². The highest BCUT2D eigenvalue weighted by atomic mass is 32.2. The third kappa shape index (κ3) is 6.94. The second kappa shape index (κ2) is 8.97. The van der Waals surface area contributed by atoms with Gasteiger partial charge in [0.2, 0.25) is 0 Å². The molecular weight excluding hydrogens is 395 g/mol. The monoisotopic (exact) mass is 426 g/mol. The van der Waals surface area contributed by atoms with Crippen LogP contribution in [0.15, 0.2) is 24.3 Å². The molecule has 0 aromatic heterocycles. The van der Waals surface area contributed by atoms with Crippen molar-refractivity contribution < 1.29 is 17.6 Å². The van der Waals surface area contributed by atoms with E-state index < -0.39 is 15.5 Å². The number of rotatable bonds is 5. The zero-order valence-electron chi connectivity index (χ0n) is 17.2. The Bertz CT molecular complexity index is 786. The number of carbonyl (C=O) groups excluding carboxylic acids is 1. The molecule has 0 aliphatic carbocycles. The lowest BCUT2D eigenvalue weighted by Crippen LogP contribution is -2.49. The Morgan fingerprint density at radius 1 is 1.00 bits per heavy atom. The molecule has 1 N–H and O–H groups in total. The Kier molecular flexibility index (Phi) is 6.80. The van der Waals surface area contributed by atoms with Crippen molar-refractivity contribution in [3.05, 3.63) is 29.8 Å². The van der Waals surface area contributed by atoms with Gasteiger partial charge in [-0.05, 0) is 31.5 Å². The first-order valence-electron chi connectivity index (χ1n) is 10.1. The minimum Gasteiger partial charge on any atom is -0.322 e. The maximum atomic E-state index is 13.8. The van der Waals surface area contributed by atoms with Crippen molar-refractivity contribution >= 4 is 21.6 Å². The fraction of sp³-hybridized carbons (Fsp3) is 0.650. The molecular formula is C20H31FN4O3S. The number of amides is 2. The second-order valence-corrected chi connectivity index (χ2v) is 10.8. The number of carbonyl (C=O) groups is 1. The van der Waals surface area contributed by atoms with Crippen LogP contribution in [0.3, 0.4) is 0 Å². The lowest BCUT2D eigenvalue weighted by atomic mass is 10.1. The van der Waals surface area contributed by atoms with Crippen molar-refractivity contribution in [3.63, 3.8) is 0 Å². The molecule has 1 aromatic carbocycles. The second-order valence-electron chi connectivity index (χ2n) is 8.54. The van der Waals surface area contributed by atoms with Crippen LogP contribution in [-0.4, -0.2) is 92.1 Å². The van der Waals surface area contributed by atoms with Crippen molar-refractivity contribution in [1.29, 1.82) is 0 Å². The van der Waals surface area contributed by atoms with Gasteiger partial charge in [0, 0.05) is 58.0 Å². The molecule has 7 nitrogen and oxygen atoms in total. The Morgan fingerprint density at radius 3 is 2.10 bits per heavy atom. The van der Waals surface area contributed by atoms with Crippen LogP contribution >= 0.6 is 0 Å². The molecule has 0 radical (unpaired) electrons. The molecule has 2 amide bonds. The van der Waals surface area contributed by atoms with Gasteiger partial charge in [0.05, 0.1) is 11.5 Å². The van der Waals surface area contributed by atoms with E-state index in [0.717, 1.165) is 38.3 Å². The normalized spacial score (nSPS) is 21.1. The number of benzene rings is 1. The Labute approximate surface area is 172 Å². The average molecular weight is 427 g/mol. The van der Waals surface area contributed by atoms with Crippen molar-refractivity contribution in [2.75, 3.05) is 62.6 Å². The fourth-order valence-electron chi connectivity index (χ4n) is 3.71. The van der Waals surface area contributed by atoms with Crippen LogP contribution < -0.4 is 5.32 Å². The quantitative estimate of drug-likeness (QED) is 0.778. The van der Waals surface area contributed by atoms with Gasteiger partial charge in [0.25, 0.3) is 0 Å². The number of alkyl halides is 1. The third-order valence-corrected chi connectivity index (χ3v) is 6.92. The van der Waals surface area contributed by atoms with E-state index in [9.17, 15) is 17.6 Å². The summed E-state index contributed by atoms with van der Waals surface area (Å²) in [6, 6.07) is 7.46. The van der Waals surface area contributed by atoms with Crippen LogP contribution in [-0.2, 0) is 16.4 Å². The first-order valence-corrected chi connectivity index (χ1v) is 11.9. The van der Waals surface area contributed by atoms with Crippen LogP contribution in [0.2, 0.25) is 0 Å². The minimum absolute atomic E-state index is 0.0233. The molecule has 2 fully saturated rings. The summed E-state index contributed by atoms with van der Waals surface area (Å²) >= 11 is 0. The number of piperazine rings is 1. The number of halogens is 1. The molecule has 0 atom stereocenters. The van der Waals surface area contributed by atoms with Gasteiger partial charge in [0.15, 0.2) is 9.84 Å². The topological polar surface area (TPSA) is 73.0 Å². The van der Waals surface area contributed by atoms with Crippen LogP contribution in [0.1, 0.15) is 19.4 Å². The number of hydrogen-bond donors (Lipinski definition) is 1. The molecule has 0 bridgehead atoms. The lowest BCUT2D eigenvalue weighted by Gasteiger charge is -2.36. The summed E-state index contributed by atoms with van der Waals surface area (Å²) in [5.41, 5.74) is 0.693. The van der Waals surface area contributed by atoms with E-state index in [2.05, 4.69) is 15.1 Å². The van der Waals surface area contributed by atoms with Crippen molar-refractivity contribution in [1.82, 2.24) is 14.7 Å². The molecule has 3 rings (SSSR count). The summed E-state index contributed by atoms with van der Waals surface area (Å²) in [6.45, 7) is 8.55. The lowest BCUT2D eigenvalue weighted by molar-refractivity contribution is 0.0732. The standard InChI is InChI=1S/C20H31FN4O3S/c1-20(2,21)16-24-9-7-23(8-10-24)15-17-3-5-18(6-4-17)22-19(26)25-11-13-29(27,28)14-12-25/h3-6H,7-16H2,1-2H3,(H,22,26). The van der Waals surface area contributed by atoms with Gasteiger partial charge in [-0.25, -0.2) is 17.6 Å². The molecule has 2 aliphatic heterocycles. The number of nitrogens with one attached hydrogen (secondary N) is 1. The molecule has 9 heteroatoms. The van der Waals surface area contributed by atoms with Crippen LogP contribution in [0.4, 0.5) is 14.9 Å². The first-order chi connectivity index (χ1) is 13.6.